The number of hydrogen-bond donors (Lipinski definition) is 1. The average Bonchev–Trinajstić information content (AvgIpc) is 2.53. The Morgan fingerprint density at radius 2 is 2.21 bits per heavy atom. The number of esters is 1. The molecule has 2 N–H and O–H groups in total. The lowest BCUT2D eigenvalue weighted by Gasteiger charge is -2.13. The van der Waals surface area contributed by atoms with E-state index in [-0.39, 0.29) is 17.9 Å². The Balaban J connectivity index is 2.39. The molecule has 1 unspecified atom stereocenters. The van der Waals surface area contributed by atoms with Crippen molar-refractivity contribution in [3.05, 3.63) is 35.4 Å². The highest BCUT2D eigenvalue weighted by Crippen LogP contribution is 2.32. The molecule has 1 aromatic carbocycles. The summed E-state index contributed by atoms with van der Waals surface area (Å²) < 4.78 is 4.74. The molecule has 0 saturated heterocycles. The molecule has 0 saturated carbocycles. The zero-order valence-electron chi connectivity index (χ0n) is 8.07. The number of rotatable bonds is 1. The maximum Gasteiger partial charge on any atom is 0.314 e. The van der Waals surface area contributed by atoms with Crippen molar-refractivity contribution in [3.8, 4) is 0 Å². The molecule has 0 spiro atoms. The van der Waals surface area contributed by atoms with Crippen LogP contribution in [0, 0.1) is 0 Å². The van der Waals surface area contributed by atoms with Crippen LogP contribution in [-0.2, 0) is 16.0 Å². The van der Waals surface area contributed by atoms with Crippen molar-refractivity contribution in [1.82, 2.24) is 0 Å². The monoisotopic (exact) mass is 191 g/mol. The Morgan fingerprint density at radius 3 is 2.93 bits per heavy atom. The topological polar surface area (TPSA) is 52.3 Å². The molecule has 0 radical (unpaired) electrons. The van der Waals surface area contributed by atoms with Gasteiger partial charge in [0.25, 0.3) is 0 Å². The molecule has 14 heavy (non-hydrogen) atoms. The molecule has 1 aliphatic carbocycles. The Kier molecular flexibility index (Phi) is 2.25. The van der Waals surface area contributed by atoms with E-state index in [9.17, 15) is 4.79 Å². The summed E-state index contributed by atoms with van der Waals surface area (Å²) in [5.41, 5.74) is 8.09. The van der Waals surface area contributed by atoms with E-state index in [1.54, 1.807) is 0 Å². The number of carbonyl (C=O) groups is 1. The zero-order chi connectivity index (χ0) is 10.1. The van der Waals surface area contributed by atoms with Gasteiger partial charge >= 0.3 is 5.97 Å². The van der Waals surface area contributed by atoms with Crippen LogP contribution < -0.4 is 5.73 Å². The van der Waals surface area contributed by atoms with Crippen LogP contribution in [0.15, 0.2) is 24.3 Å². The first-order valence-electron chi connectivity index (χ1n) is 4.65. The summed E-state index contributed by atoms with van der Waals surface area (Å²) >= 11 is 0. The highest BCUT2D eigenvalue weighted by atomic mass is 16.5. The molecule has 0 aliphatic heterocycles. The number of benzene rings is 1. The second-order valence-electron chi connectivity index (χ2n) is 3.57. The third-order valence-electron chi connectivity index (χ3n) is 2.73. The quantitative estimate of drug-likeness (QED) is 0.669. The molecular weight excluding hydrogens is 178 g/mol. The summed E-state index contributed by atoms with van der Waals surface area (Å²) in [6.45, 7) is 0. The third-order valence-corrected chi connectivity index (χ3v) is 2.73. The van der Waals surface area contributed by atoms with Gasteiger partial charge in [-0.3, -0.25) is 4.79 Å². The largest absolute Gasteiger partial charge is 0.469 e. The lowest BCUT2D eigenvalue weighted by Crippen LogP contribution is -2.31. The lowest BCUT2D eigenvalue weighted by atomic mass is 9.99. The van der Waals surface area contributed by atoms with Crippen LogP contribution in [0.25, 0.3) is 0 Å². The summed E-state index contributed by atoms with van der Waals surface area (Å²) in [4.78, 5) is 11.5. The molecule has 0 aromatic heterocycles. The SMILES string of the molecule is COC(=O)C1c2ccccc2C[C@H]1N. The van der Waals surface area contributed by atoms with Crippen LogP contribution >= 0.6 is 0 Å². The minimum atomic E-state index is -0.281. The first-order chi connectivity index (χ1) is 6.74. The highest BCUT2D eigenvalue weighted by Gasteiger charge is 2.35. The minimum Gasteiger partial charge on any atom is -0.469 e. The van der Waals surface area contributed by atoms with Gasteiger partial charge in [-0.05, 0) is 17.5 Å². The number of methoxy groups -OCH3 is 1. The molecule has 74 valence electrons. The smallest absolute Gasteiger partial charge is 0.314 e. The molecule has 3 heteroatoms. The van der Waals surface area contributed by atoms with Crippen molar-refractivity contribution >= 4 is 5.97 Å². The van der Waals surface area contributed by atoms with E-state index in [2.05, 4.69) is 0 Å². The second kappa shape index (κ2) is 3.42. The van der Waals surface area contributed by atoms with Crippen molar-refractivity contribution < 1.29 is 9.53 Å². The third kappa shape index (κ3) is 1.30. The first-order valence-corrected chi connectivity index (χ1v) is 4.65. The van der Waals surface area contributed by atoms with Crippen molar-refractivity contribution in [2.75, 3.05) is 7.11 Å². The van der Waals surface area contributed by atoms with Crippen LogP contribution in [0.2, 0.25) is 0 Å². The van der Waals surface area contributed by atoms with Gasteiger partial charge in [-0.25, -0.2) is 0 Å². The minimum absolute atomic E-state index is 0.139. The Bertz CT molecular complexity index is 362. The summed E-state index contributed by atoms with van der Waals surface area (Å²) in [5.74, 6) is -0.515. The summed E-state index contributed by atoms with van der Waals surface area (Å²) in [6.07, 6.45) is 0.760. The van der Waals surface area contributed by atoms with Gasteiger partial charge in [-0.15, -0.1) is 0 Å². The van der Waals surface area contributed by atoms with E-state index in [0.717, 1.165) is 17.5 Å². The van der Waals surface area contributed by atoms with Gasteiger partial charge in [0.05, 0.1) is 13.0 Å². The van der Waals surface area contributed by atoms with Crippen LogP contribution in [0.3, 0.4) is 0 Å². The predicted molar refractivity (Wildman–Crippen MR) is 52.9 cm³/mol. The molecule has 0 bridgehead atoms. The molecule has 0 fully saturated rings. The molecule has 1 aromatic rings. The number of fused-ring (bicyclic) bond motifs is 1. The van der Waals surface area contributed by atoms with Gasteiger partial charge < -0.3 is 10.5 Å². The van der Waals surface area contributed by atoms with E-state index < -0.39 is 0 Å². The van der Waals surface area contributed by atoms with Crippen molar-refractivity contribution in [3.63, 3.8) is 0 Å². The van der Waals surface area contributed by atoms with E-state index in [4.69, 9.17) is 10.5 Å². The van der Waals surface area contributed by atoms with E-state index in [1.165, 1.54) is 7.11 Å². The van der Waals surface area contributed by atoms with E-state index in [1.807, 2.05) is 24.3 Å². The van der Waals surface area contributed by atoms with E-state index >= 15 is 0 Å². The first kappa shape index (κ1) is 9.21. The standard InChI is InChI=1S/C11H13NO2/c1-14-11(13)10-8-5-3-2-4-7(8)6-9(10)12/h2-5,9-10H,6,12H2,1H3/t9-,10?/m1/s1. The summed E-state index contributed by atoms with van der Waals surface area (Å²) in [5, 5.41) is 0. The van der Waals surface area contributed by atoms with Crippen LogP contribution in [0.5, 0.6) is 0 Å². The predicted octanol–water partition coefficient (Wildman–Crippen LogP) is 0.827. The van der Waals surface area contributed by atoms with Crippen molar-refractivity contribution in [2.45, 2.75) is 18.4 Å². The molecule has 0 amide bonds. The maximum atomic E-state index is 11.5. The van der Waals surface area contributed by atoms with Gasteiger partial charge in [-0.1, -0.05) is 24.3 Å². The number of carbonyl (C=O) groups excluding carboxylic acids is 1. The normalized spacial score (nSPS) is 24.4. The summed E-state index contributed by atoms with van der Waals surface area (Å²) in [6, 6.07) is 7.71. The van der Waals surface area contributed by atoms with Gasteiger partial charge in [0.15, 0.2) is 0 Å². The van der Waals surface area contributed by atoms with Crippen molar-refractivity contribution in [2.24, 2.45) is 5.73 Å². The molecule has 0 heterocycles. The highest BCUT2D eigenvalue weighted by molar-refractivity contribution is 5.80. The molecule has 2 atom stereocenters. The van der Waals surface area contributed by atoms with Crippen LogP contribution in [0.1, 0.15) is 17.0 Å². The molecule has 1 aliphatic rings. The fourth-order valence-electron chi connectivity index (χ4n) is 2.05. The molecule has 3 nitrogen and oxygen atoms in total. The Morgan fingerprint density at radius 1 is 1.50 bits per heavy atom. The van der Waals surface area contributed by atoms with Gasteiger partial charge in [-0.2, -0.15) is 0 Å². The number of hydrogen-bond acceptors (Lipinski definition) is 3. The fraction of sp³-hybridized carbons (Fsp3) is 0.364. The Labute approximate surface area is 82.9 Å². The molecular formula is C11H13NO2. The Hall–Kier alpha value is -1.35. The van der Waals surface area contributed by atoms with Gasteiger partial charge in [0, 0.05) is 6.04 Å². The van der Waals surface area contributed by atoms with E-state index in [0.29, 0.717) is 0 Å². The molecule has 2 rings (SSSR count). The average molecular weight is 191 g/mol. The number of nitrogens with two attached hydrogens (primary N) is 1. The van der Waals surface area contributed by atoms with Gasteiger partial charge in [0.1, 0.15) is 0 Å². The zero-order valence-corrected chi connectivity index (χ0v) is 8.07. The fourth-order valence-corrected chi connectivity index (χ4v) is 2.05. The lowest BCUT2D eigenvalue weighted by molar-refractivity contribution is -0.142. The number of ether oxygens (including phenoxy) is 1. The van der Waals surface area contributed by atoms with Gasteiger partial charge in [0.2, 0.25) is 0 Å². The maximum absolute atomic E-state index is 11.5. The van der Waals surface area contributed by atoms with Crippen molar-refractivity contribution in [1.29, 1.82) is 0 Å². The van der Waals surface area contributed by atoms with Crippen LogP contribution in [0.4, 0.5) is 0 Å². The summed E-state index contributed by atoms with van der Waals surface area (Å²) in [7, 11) is 1.40. The van der Waals surface area contributed by atoms with Crippen LogP contribution in [-0.4, -0.2) is 19.1 Å². The second-order valence-corrected chi connectivity index (χ2v) is 3.57.